The second-order valence-electron chi connectivity index (χ2n) is 9.65. The molecule has 2 aliphatic rings. The number of rotatable bonds is 8. The first-order valence-corrected chi connectivity index (χ1v) is 14.0. The van der Waals surface area contributed by atoms with Crippen molar-refractivity contribution in [2.75, 3.05) is 42.0 Å². The van der Waals surface area contributed by atoms with E-state index in [1.807, 2.05) is 72.8 Å². The fraction of sp³-hybridized carbons (Fsp3) is 0.167. The van der Waals surface area contributed by atoms with E-state index in [4.69, 9.17) is 48.4 Å². The molecule has 2 heterocycles. The van der Waals surface area contributed by atoms with E-state index in [0.717, 1.165) is 33.4 Å². The molecule has 10 heteroatoms. The van der Waals surface area contributed by atoms with Crippen molar-refractivity contribution in [1.82, 2.24) is 0 Å². The van der Waals surface area contributed by atoms with Crippen molar-refractivity contribution in [3.63, 3.8) is 0 Å². The molecule has 232 valence electrons. The van der Waals surface area contributed by atoms with Gasteiger partial charge in [0.25, 0.3) is 0 Å². The maximum Gasteiger partial charge on any atom is 0.231 e. The number of fused-ring (bicyclic) bond motifs is 2. The monoisotopic (exact) mass is 618 g/mol. The third-order valence-corrected chi connectivity index (χ3v) is 7.17. The number of methoxy groups -OCH3 is 4. The number of ether oxygens (including phenoxy) is 8. The molecule has 0 fully saturated rings. The zero-order valence-corrected chi connectivity index (χ0v) is 25.7. The Balaban J connectivity index is 0.000000181. The average molecular weight is 619 g/mol. The molecule has 46 heavy (non-hydrogen) atoms. The van der Waals surface area contributed by atoms with Gasteiger partial charge in [-0.15, -0.1) is 0 Å². The first-order valence-electron chi connectivity index (χ1n) is 14.0. The van der Waals surface area contributed by atoms with Crippen molar-refractivity contribution in [1.29, 1.82) is 10.5 Å². The minimum absolute atomic E-state index is 0.215. The Bertz CT molecular complexity index is 1750. The predicted molar refractivity (Wildman–Crippen MR) is 170 cm³/mol. The van der Waals surface area contributed by atoms with Crippen LogP contribution in [0.2, 0.25) is 0 Å². The van der Waals surface area contributed by atoms with Gasteiger partial charge in [0.1, 0.15) is 0 Å². The zero-order valence-electron chi connectivity index (χ0n) is 25.7. The van der Waals surface area contributed by atoms with Crippen molar-refractivity contribution in [2.24, 2.45) is 0 Å². The summed E-state index contributed by atoms with van der Waals surface area (Å²) in [6, 6.07) is 26.4. The standard InChI is InChI=1S/2C18H15NO4/c2*1-20-15-5-3-12(9-17(15)21-2)14(7-8-19)13-4-6-16-18(10-13)23-11-22-16/h2*3-7,9-10H,11H2,1-2H3. The molecule has 0 atom stereocenters. The number of allylic oxidation sites excluding steroid dienone is 2. The molecule has 0 spiro atoms. The molecule has 2 aliphatic heterocycles. The molecule has 0 amide bonds. The van der Waals surface area contributed by atoms with Crippen LogP contribution in [-0.4, -0.2) is 42.0 Å². The highest BCUT2D eigenvalue weighted by molar-refractivity contribution is 5.84. The number of hydrogen-bond donors (Lipinski definition) is 0. The smallest absolute Gasteiger partial charge is 0.231 e. The van der Waals surface area contributed by atoms with Crippen LogP contribution in [0.4, 0.5) is 0 Å². The summed E-state index contributed by atoms with van der Waals surface area (Å²) in [5.74, 6) is 5.24. The summed E-state index contributed by atoms with van der Waals surface area (Å²) in [4.78, 5) is 0. The van der Waals surface area contributed by atoms with Gasteiger partial charge in [-0.25, -0.2) is 0 Å². The second-order valence-corrected chi connectivity index (χ2v) is 9.65. The first kappa shape index (κ1) is 31.2. The third-order valence-electron chi connectivity index (χ3n) is 7.17. The summed E-state index contributed by atoms with van der Waals surface area (Å²) in [7, 11) is 6.33. The van der Waals surface area contributed by atoms with E-state index >= 15 is 0 Å². The highest BCUT2D eigenvalue weighted by atomic mass is 16.7. The molecule has 0 radical (unpaired) electrons. The Labute approximate surface area is 266 Å². The lowest BCUT2D eigenvalue weighted by atomic mass is 9.97. The molecule has 0 unspecified atom stereocenters. The fourth-order valence-electron chi connectivity index (χ4n) is 4.93. The van der Waals surface area contributed by atoms with E-state index < -0.39 is 0 Å². The van der Waals surface area contributed by atoms with Crippen LogP contribution < -0.4 is 37.9 Å². The summed E-state index contributed by atoms with van der Waals surface area (Å²) in [5, 5.41) is 18.3. The molecule has 0 saturated carbocycles. The van der Waals surface area contributed by atoms with Crippen LogP contribution in [0.3, 0.4) is 0 Å². The number of nitriles is 2. The van der Waals surface area contributed by atoms with Crippen LogP contribution in [0.15, 0.2) is 84.9 Å². The molecule has 0 N–H and O–H groups in total. The maximum atomic E-state index is 9.14. The molecule has 0 bridgehead atoms. The maximum absolute atomic E-state index is 9.14. The zero-order chi connectivity index (χ0) is 32.5. The van der Waals surface area contributed by atoms with Crippen LogP contribution in [0.1, 0.15) is 22.3 Å². The van der Waals surface area contributed by atoms with E-state index in [1.165, 1.54) is 12.2 Å². The minimum atomic E-state index is 0.215. The largest absolute Gasteiger partial charge is 0.493 e. The van der Waals surface area contributed by atoms with E-state index in [2.05, 4.69) is 12.1 Å². The average Bonchev–Trinajstić information content (AvgIpc) is 3.78. The van der Waals surface area contributed by atoms with E-state index in [9.17, 15) is 0 Å². The van der Waals surface area contributed by atoms with Crippen molar-refractivity contribution in [3.8, 4) is 58.1 Å². The lowest BCUT2D eigenvalue weighted by Gasteiger charge is -2.12. The van der Waals surface area contributed by atoms with Crippen LogP contribution in [-0.2, 0) is 0 Å². The lowest BCUT2D eigenvalue weighted by molar-refractivity contribution is 0.173. The lowest BCUT2D eigenvalue weighted by Crippen LogP contribution is -1.94. The molecule has 0 saturated heterocycles. The molecule has 4 aromatic carbocycles. The van der Waals surface area contributed by atoms with Gasteiger partial charge < -0.3 is 37.9 Å². The summed E-state index contributed by atoms with van der Waals surface area (Å²) in [5.41, 5.74) is 4.97. The summed E-state index contributed by atoms with van der Waals surface area (Å²) in [6.45, 7) is 0.429. The Kier molecular flexibility index (Phi) is 9.81. The molecule has 10 nitrogen and oxygen atoms in total. The Morgan fingerprint density at radius 3 is 1.22 bits per heavy atom. The molecular formula is C36H30N2O8. The quantitative estimate of drug-likeness (QED) is 0.195. The number of benzene rings is 4. The molecular weight excluding hydrogens is 588 g/mol. The summed E-state index contributed by atoms with van der Waals surface area (Å²) >= 11 is 0. The molecule has 0 aromatic heterocycles. The normalized spacial score (nSPS) is 12.7. The van der Waals surface area contributed by atoms with Crippen LogP contribution in [0.5, 0.6) is 46.0 Å². The highest BCUT2D eigenvalue weighted by Gasteiger charge is 2.18. The van der Waals surface area contributed by atoms with Crippen molar-refractivity contribution in [2.45, 2.75) is 0 Å². The Morgan fingerprint density at radius 1 is 0.500 bits per heavy atom. The third kappa shape index (κ3) is 6.62. The van der Waals surface area contributed by atoms with Gasteiger partial charge in [0.15, 0.2) is 46.0 Å². The van der Waals surface area contributed by atoms with Crippen LogP contribution in [0.25, 0.3) is 11.1 Å². The molecule has 4 aromatic rings. The Hall–Kier alpha value is -6.26. The van der Waals surface area contributed by atoms with Gasteiger partial charge in [0.2, 0.25) is 13.6 Å². The topological polar surface area (TPSA) is 121 Å². The van der Waals surface area contributed by atoms with Gasteiger partial charge in [-0.2, -0.15) is 10.5 Å². The SMILES string of the molecule is COc1ccc(C(=CC#N)c2ccc3c(c2)OCO3)cc1OC.COc1ccc(C(=CC#N)c2ccc3c(c2)OCO3)cc1OC. The van der Waals surface area contributed by atoms with Gasteiger partial charge in [-0.05, 0) is 81.9 Å². The highest BCUT2D eigenvalue weighted by Crippen LogP contribution is 2.39. The fourth-order valence-corrected chi connectivity index (χ4v) is 4.93. The van der Waals surface area contributed by atoms with Crippen molar-refractivity contribution >= 4 is 11.1 Å². The molecule has 6 rings (SSSR count). The minimum Gasteiger partial charge on any atom is -0.493 e. The molecule has 0 aliphatic carbocycles. The number of hydrogen-bond acceptors (Lipinski definition) is 10. The van der Waals surface area contributed by atoms with Gasteiger partial charge >= 0.3 is 0 Å². The summed E-state index contributed by atoms with van der Waals surface area (Å²) < 4.78 is 42.6. The van der Waals surface area contributed by atoms with Gasteiger partial charge in [-0.3, -0.25) is 0 Å². The Morgan fingerprint density at radius 2 is 0.848 bits per heavy atom. The predicted octanol–water partition coefficient (Wildman–Crippen LogP) is 6.78. The van der Waals surface area contributed by atoms with Crippen molar-refractivity contribution < 1.29 is 37.9 Å². The van der Waals surface area contributed by atoms with E-state index in [1.54, 1.807) is 28.4 Å². The van der Waals surface area contributed by atoms with Crippen molar-refractivity contribution in [3.05, 3.63) is 107 Å². The van der Waals surface area contributed by atoms with Gasteiger partial charge in [0.05, 0.1) is 40.6 Å². The second kappa shape index (κ2) is 14.5. The van der Waals surface area contributed by atoms with Crippen LogP contribution >= 0.6 is 0 Å². The van der Waals surface area contributed by atoms with Crippen LogP contribution in [0, 0.1) is 22.7 Å². The summed E-state index contributed by atoms with van der Waals surface area (Å²) in [6.07, 6.45) is 3.00. The van der Waals surface area contributed by atoms with E-state index in [0.29, 0.717) is 46.0 Å². The first-order chi connectivity index (χ1) is 22.5. The van der Waals surface area contributed by atoms with Gasteiger partial charge in [-0.1, -0.05) is 24.3 Å². The van der Waals surface area contributed by atoms with Gasteiger partial charge in [0, 0.05) is 12.2 Å². The number of nitrogens with zero attached hydrogens (tertiary/aromatic N) is 2. The van der Waals surface area contributed by atoms with E-state index in [-0.39, 0.29) is 13.6 Å².